The summed E-state index contributed by atoms with van der Waals surface area (Å²) in [7, 11) is -1.32. The zero-order valence-corrected chi connectivity index (χ0v) is 14.8. The van der Waals surface area contributed by atoms with Crippen LogP contribution in [0.4, 0.5) is 0 Å². The molecule has 2 unspecified atom stereocenters. The third kappa shape index (κ3) is 6.37. The molecule has 0 aliphatic rings. The lowest BCUT2D eigenvalue weighted by atomic mass is 10.1. The first kappa shape index (κ1) is 18.5. The van der Waals surface area contributed by atoms with Crippen molar-refractivity contribution in [3.05, 3.63) is 33.8 Å². The lowest BCUT2D eigenvalue weighted by Crippen LogP contribution is -2.36. The van der Waals surface area contributed by atoms with Gasteiger partial charge < -0.3 is 5.32 Å². The van der Waals surface area contributed by atoms with Gasteiger partial charge in [0.2, 0.25) is 5.91 Å². The molecule has 0 radical (unpaired) electrons. The van der Waals surface area contributed by atoms with Gasteiger partial charge in [-0.25, -0.2) is 0 Å². The van der Waals surface area contributed by atoms with E-state index in [-0.39, 0.29) is 11.7 Å². The Morgan fingerprint density at radius 1 is 1.29 bits per heavy atom. The standard InChI is InChI=1S/C15H21Cl2NO2S/c1-10(2)6-7-18-15(19)11(3)21(20)9-12-4-5-13(16)8-14(12)17/h4-5,8,10-11H,6-7,9H2,1-3H3,(H,18,19). The van der Waals surface area contributed by atoms with Crippen molar-refractivity contribution >= 4 is 39.9 Å². The highest BCUT2D eigenvalue weighted by Gasteiger charge is 2.20. The molecule has 3 nitrogen and oxygen atoms in total. The zero-order chi connectivity index (χ0) is 16.0. The van der Waals surface area contributed by atoms with Crippen LogP contribution in [0.1, 0.15) is 32.8 Å². The molecule has 0 saturated heterocycles. The molecular formula is C15H21Cl2NO2S. The Bertz CT molecular complexity index is 520. The van der Waals surface area contributed by atoms with Gasteiger partial charge in [0.15, 0.2) is 0 Å². The van der Waals surface area contributed by atoms with E-state index in [1.807, 2.05) is 0 Å². The Balaban J connectivity index is 2.55. The number of benzene rings is 1. The van der Waals surface area contributed by atoms with E-state index in [2.05, 4.69) is 19.2 Å². The van der Waals surface area contributed by atoms with Crippen molar-refractivity contribution in [2.75, 3.05) is 6.54 Å². The number of halogens is 2. The molecule has 0 heterocycles. The molecule has 118 valence electrons. The minimum absolute atomic E-state index is 0.181. The second-order valence-corrected chi connectivity index (χ2v) is 7.98. The minimum atomic E-state index is -1.32. The smallest absolute Gasteiger partial charge is 0.235 e. The summed E-state index contributed by atoms with van der Waals surface area (Å²) in [6.07, 6.45) is 0.911. The van der Waals surface area contributed by atoms with Crippen LogP contribution in [-0.2, 0) is 21.3 Å². The van der Waals surface area contributed by atoms with E-state index in [0.29, 0.717) is 22.5 Å². The van der Waals surface area contributed by atoms with Crippen LogP contribution in [0, 0.1) is 5.92 Å². The Kier molecular flexibility index (Phi) is 7.71. The molecule has 2 atom stereocenters. The molecule has 1 amide bonds. The molecule has 1 N–H and O–H groups in total. The number of amides is 1. The van der Waals surface area contributed by atoms with Crippen LogP contribution in [0.5, 0.6) is 0 Å². The summed E-state index contributed by atoms with van der Waals surface area (Å²) in [4.78, 5) is 11.9. The maximum atomic E-state index is 12.2. The highest BCUT2D eigenvalue weighted by molar-refractivity contribution is 7.85. The highest BCUT2D eigenvalue weighted by atomic mass is 35.5. The summed E-state index contributed by atoms with van der Waals surface area (Å²) >= 11 is 11.9. The molecular weight excluding hydrogens is 329 g/mol. The number of hydrogen-bond acceptors (Lipinski definition) is 2. The van der Waals surface area contributed by atoms with Crippen LogP contribution in [0.15, 0.2) is 18.2 Å². The molecule has 1 aromatic carbocycles. The molecule has 1 rings (SSSR count). The third-order valence-electron chi connectivity index (χ3n) is 3.10. The van der Waals surface area contributed by atoms with Gasteiger partial charge >= 0.3 is 0 Å². The maximum Gasteiger partial charge on any atom is 0.235 e. The van der Waals surface area contributed by atoms with Crippen molar-refractivity contribution in [3.63, 3.8) is 0 Å². The van der Waals surface area contributed by atoms with Gasteiger partial charge in [-0.2, -0.15) is 0 Å². The highest BCUT2D eigenvalue weighted by Crippen LogP contribution is 2.22. The molecule has 0 fully saturated rings. The maximum absolute atomic E-state index is 12.2. The Morgan fingerprint density at radius 3 is 2.52 bits per heavy atom. The van der Waals surface area contributed by atoms with Gasteiger partial charge in [-0.1, -0.05) is 43.1 Å². The van der Waals surface area contributed by atoms with Gasteiger partial charge in [-0.3, -0.25) is 9.00 Å². The first-order valence-electron chi connectivity index (χ1n) is 6.90. The molecule has 0 aromatic heterocycles. The molecule has 21 heavy (non-hydrogen) atoms. The van der Waals surface area contributed by atoms with Crippen LogP contribution < -0.4 is 5.32 Å². The summed E-state index contributed by atoms with van der Waals surface area (Å²) < 4.78 is 12.2. The predicted molar refractivity (Wildman–Crippen MR) is 90.2 cm³/mol. The number of nitrogens with one attached hydrogen (secondary N) is 1. The van der Waals surface area contributed by atoms with Crippen molar-refractivity contribution in [1.29, 1.82) is 0 Å². The Morgan fingerprint density at radius 2 is 1.95 bits per heavy atom. The largest absolute Gasteiger partial charge is 0.355 e. The van der Waals surface area contributed by atoms with E-state index in [1.165, 1.54) is 0 Å². The molecule has 0 spiro atoms. The van der Waals surface area contributed by atoms with Gasteiger partial charge in [0.1, 0.15) is 5.25 Å². The molecule has 6 heteroatoms. The lowest BCUT2D eigenvalue weighted by Gasteiger charge is -2.13. The van der Waals surface area contributed by atoms with E-state index >= 15 is 0 Å². The van der Waals surface area contributed by atoms with Crippen molar-refractivity contribution in [2.45, 2.75) is 38.2 Å². The van der Waals surface area contributed by atoms with Crippen molar-refractivity contribution in [1.82, 2.24) is 5.32 Å². The quantitative estimate of drug-likeness (QED) is 0.813. The summed E-state index contributed by atoms with van der Waals surface area (Å²) in [6, 6.07) is 5.06. The Hall–Kier alpha value is -0.580. The fraction of sp³-hybridized carbons (Fsp3) is 0.533. The average molecular weight is 350 g/mol. The predicted octanol–water partition coefficient (Wildman–Crippen LogP) is 3.79. The third-order valence-corrected chi connectivity index (χ3v) is 5.28. The van der Waals surface area contributed by atoms with E-state index in [9.17, 15) is 9.00 Å². The van der Waals surface area contributed by atoms with E-state index in [1.54, 1.807) is 25.1 Å². The first-order valence-corrected chi connectivity index (χ1v) is 9.04. The SMILES string of the molecule is CC(C)CCNC(=O)C(C)S(=O)Cc1ccc(Cl)cc1Cl. The van der Waals surface area contributed by atoms with Crippen molar-refractivity contribution in [3.8, 4) is 0 Å². The zero-order valence-electron chi connectivity index (χ0n) is 12.5. The second-order valence-electron chi connectivity index (χ2n) is 5.38. The normalized spacial score (nSPS) is 14.0. The molecule has 0 aliphatic carbocycles. The summed E-state index contributed by atoms with van der Waals surface area (Å²) in [6.45, 7) is 6.47. The topological polar surface area (TPSA) is 46.2 Å². The fourth-order valence-corrected chi connectivity index (χ4v) is 3.35. The fourth-order valence-electron chi connectivity index (χ4n) is 1.66. The van der Waals surface area contributed by atoms with Crippen LogP contribution in [0.25, 0.3) is 0 Å². The van der Waals surface area contributed by atoms with Crippen LogP contribution in [0.3, 0.4) is 0 Å². The first-order chi connectivity index (χ1) is 9.81. The molecule has 0 aliphatic heterocycles. The number of rotatable bonds is 7. The van der Waals surface area contributed by atoms with Gasteiger partial charge in [0, 0.05) is 27.4 Å². The van der Waals surface area contributed by atoms with Crippen LogP contribution >= 0.6 is 23.2 Å². The van der Waals surface area contributed by atoms with Gasteiger partial charge in [0.05, 0.1) is 5.75 Å². The molecule has 1 aromatic rings. The Labute approximate surface area is 138 Å². The second kappa shape index (κ2) is 8.76. The van der Waals surface area contributed by atoms with E-state index < -0.39 is 16.0 Å². The number of hydrogen-bond donors (Lipinski definition) is 1. The summed E-state index contributed by atoms with van der Waals surface area (Å²) in [5.74, 6) is 0.590. The van der Waals surface area contributed by atoms with Crippen molar-refractivity contribution < 1.29 is 9.00 Å². The van der Waals surface area contributed by atoms with E-state index in [4.69, 9.17) is 23.2 Å². The molecule has 0 bridgehead atoms. The number of carbonyl (C=O) groups excluding carboxylic acids is 1. The summed E-state index contributed by atoms with van der Waals surface area (Å²) in [5.41, 5.74) is 0.737. The average Bonchev–Trinajstić information content (AvgIpc) is 2.40. The molecule has 0 saturated carbocycles. The lowest BCUT2D eigenvalue weighted by molar-refractivity contribution is -0.120. The van der Waals surface area contributed by atoms with Crippen LogP contribution in [-0.4, -0.2) is 21.9 Å². The monoisotopic (exact) mass is 349 g/mol. The van der Waals surface area contributed by atoms with E-state index in [0.717, 1.165) is 12.0 Å². The minimum Gasteiger partial charge on any atom is -0.355 e. The van der Waals surface area contributed by atoms with Gasteiger partial charge in [0.25, 0.3) is 0 Å². The van der Waals surface area contributed by atoms with Gasteiger partial charge in [-0.05, 0) is 37.0 Å². The van der Waals surface area contributed by atoms with Crippen molar-refractivity contribution in [2.24, 2.45) is 5.92 Å². The summed E-state index contributed by atoms with van der Waals surface area (Å²) in [5, 5.41) is 3.26. The van der Waals surface area contributed by atoms with Crippen LogP contribution in [0.2, 0.25) is 10.0 Å². The number of carbonyl (C=O) groups is 1. The van der Waals surface area contributed by atoms with Gasteiger partial charge in [-0.15, -0.1) is 0 Å².